The third-order valence-electron chi connectivity index (χ3n) is 3.19. The van der Waals surface area contributed by atoms with Crippen LogP contribution in [0.4, 0.5) is 0 Å². The molecule has 0 saturated heterocycles. The molecule has 1 rings (SSSR count). The van der Waals surface area contributed by atoms with E-state index in [1.807, 2.05) is 12.1 Å². The van der Waals surface area contributed by atoms with E-state index in [2.05, 4.69) is 40.3 Å². The van der Waals surface area contributed by atoms with E-state index in [-0.39, 0.29) is 5.91 Å². The fraction of sp³-hybridized carbons (Fsp3) is 0.533. The van der Waals surface area contributed by atoms with E-state index in [4.69, 9.17) is 5.73 Å². The average molecular weight is 327 g/mol. The van der Waals surface area contributed by atoms with Gasteiger partial charge in [-0.25, -0.2) is 0 Å². The number of halogens is 1. The molecule has 0 spiro atoms. The SMILES string of the molecule is CCC(CNC(=O)CCCN)Cc1cccc(Br)c1. The second kappa shape index (κ2) is 9.10. The number of hydrogen-bond donors (Lipinski definition) is 2. The predicted molar refractivity (Wildman–Crippen MR) is 82.9 cm³/mol. The van der Waals surface area contributed by atoms with Gasteiger partial charge in [-0.3, -0.25) is 4.79 Å². The first-order valence-corrected chi connectivity index (χ1v) is 7.66. The molecule has 1 amide bonds. The van der Waals surface area contributed by atoms with Crippen LogP contribution in [0.2, 0.25) is 0 Å². The van der Waals surface area contributed by atoms with Crippen molar-refractivity contribution in [1.29, 1.82) is 0 Å². The summed E-state index contributed by atoms with van der Waals surface area (Å²) in [7, 11) is 0. The highest BCUT2D eigenvalue weighted by molar-refractivity contribution is 9.10. The quantitative estimate of drug-likeness (QED) is 0.771. The lowest BCUT2D eigenvalue weighted by molar-refractivity contribution is -0.121. The Morgan fingerprint density at radius 1 is 1.47 bits per heavy atom. The number of nitrogens with two attached hydrogens (primary N) is 1. The molecule has 0 heterocycles. The highest BCUT2D eigenvalue weighted by atomic mass is 79.9. The van der Waals surface area contributed by atoms with E-state index in [9.17, 15) is 4.79 Å². The molecule has 3 nitrogen and oxygen atoms in total. The molecular formula is C15H23BrN2O. The first-order chi connectivity index (χ1) is 9.15. The van der Waals surface area contributed by atoms with Crippen LogP contribution in [0.1, 0.15) is 31.7 Å². The molecule has 0 aliphatic carbocycles. The van der Waals surface area contributed by atoms with Gasteiger partial charge in [0, 0.05) is 17.4 Å². The van der Waals surface area contributed by atoms with E-state index in [1.165, 1.54) is 5.56 Å². The smallest absolute Gasteiger partial charge is 0.220 e. The number of carbonyl (C=O) groups excluding carboxylic acids is 1. The summed E-state index contributed by atoms with van der Waals surface area (Å²) >= 11 is 3.48. The molecule has 4 heteroatoms. The lowest BCUT2D eigenvalue weighted by atomic mass is 9.97. The molecule has 1 unspecified atom stereocenters. The Morgan fingerprint density at radius 2 is 2.26 bits per heavy atom. The van der Waals surface area contributed by atoms with E-state index in [0.29, 0.717) is 18.9 Å². The summed E-state index contributed by atoms with van der Waals surface area (Å²) in [4.78, 5) is 11.6. The second-order valence-corrected chi connectivity index (χ2v) is 5.72. The molecule has 1 aromatic carbocycles. The average Bonchev–Trinajstić information content (AvgIpc) is 2.41. The Balaban J connectivity index is 2.39. The van der Waals surface area contributed by atoms with Gasteiger partial charge in [0.25, 0.3) is 0 Å². The third kappa shape index (κ3) is 6.73. The van der Waals surface area contributed by atoms with Gasteiger partial charge in [-0.05, 0) is 43.0 Å². The summed E-state index contributed by atoms with van der Waals surface area (Å²) in [6, 6.07) is 8.34. The van der Waals surface area contributed by atoms with Crippen LogP contribution in [0.3, 0.4) is 0 Å². The number of nitrogens with one attached hydrogen (secondary N) is 1. The van der Waals surface area contributed by atoms with Gasteiger partial charge in [-0.2, -0.15) is 0 Å². The van der Waals surface area contributed by atoms with Gasteiger partial charge in [0.05, 0.1) is 0 Å². The Labute approximate surface area is 124 Å². The van der Waals surface area contributed by atoms with Gasteiger partial charge in [-0.15, -0.1) is 0 Å². The van der Waals surface area contributed by atoms with Crippen LogP contribution in [0.15, 0.2) is 28.7 Å². The first kappa shape index (κ1) is 16.2. The van der Waals surface area contributed by atoms with Crippen molar-refractivity contribution in [2.45, 2.75) is 32.6 Å². The van der Waals surface area contributed by atoms with Crippen molar-refractivity contribution in [3.05, 3.63) is 34.3 Å². The summed E-state index contributed by atoms with van der Waals surface area (Å²) in [5.74, 6) is 0.592. The highest BCUT2D eigenvalue weighted by Crippen LogP contribution is 2.16. The van der Waals surface area contributed by atoms with Crippen molar-refractivity contribution in [1.82, 2.24) is 5.32 Å². The van der Waals surface area contributed by atoms with Crippen LogP contribution in [0.25, 0.3) is 0 Å². The van der Waals surface area contributed by atoms with Crippen molar-refractivity contribution in [2.24, 2.45) is 11.7 Å². The van der Waals surface area contributed by atoms with Gasteiger partial charge in [-0.1, -0.05) is 41.4 Å². The van der Waals surface area contributed by atoms with Crippen LogP contribution in [0, 0.1) is 5.92 Å². The van der Waals surface area contributed by atoms with Gasteiger partial charge >= 0.3 is 0 Å². The molecule has 0 aliphatic rings. The fourth-order valence-electron chi connectivity index (χ4n) is 1.97. The van der Waals surface area contributed by atoms with E-state index in [0.717, 1.165) is 30.3 Å². The number of hydrogen-bond acceptors (Lipinski definition) is 2. The Bertz CT molecular complexity index is 395. The minimum Gasteiger partial charge on any atom is -0.356 e. The minimum atomic E-state index is 0.109. The van der Waals surface area contributed by atoms with Crippen LogP contribution < -0.4 is 11.1 Å². The molecule has 0 aromatic heterocycles. The fourth-order valence-corrected chi connectivity index (χ4v) is 2.41. The zero-order valence-electron chi connectivity index (χ0n) is 11.5. The Hall–Kier alpha value is -0.870. The molecule has 0 fully saturated rings. The van der Waals surface area contributed by atoms with E-state index < -0.39 is 0 Å². The van der Waals surface area contributed by atoms with Crippen molar-refractivity contribution in [3.63, 3.8) is 0 Å². The van der Waals surface area contributed by atoms with Gasteiger partial charge in [0.15, 0.2) is 0 Å². The van der Waals surface area contributed by atoms with Crippen LogP contribution in [-0.4, -0.2) is 19.0 Å². The molecule has 0 saturated carbocycles. The summed E-state index contributed by atoms with van der Waals surface area (Å²) in [5.41, 5.74) is 6.69. The van der Waals surface area contributed by atoms with Gasteiger partial charge < -0.3 is 11.1 Å². The summed E-state index contributed by atoms with van der Waals surface area (Å²) in [6.07, 6.45) is 3.34. The van der Waals surface area contributed by atoms with Crippen molar-refractivity contribution >= 4 is 21.8 Å². The molecule has 0 aliphatic heterocycles. The topological polar surface area (TPSA) is 55.1 Å². The number of benzene rings is 1. The number of amides is 1. The van der Waals surface area contributed by atoms with E-state index in [1.54, 1.807) is 0 Å². The number of carbonyl (C=O) groups is 1. The zero-order chi connectivity index (χ0) is 14.1. The lowest BCUT2D eigenvalue weighted by Gasteiger charge is -2.16. The van der Waals surface area contributed by atoms with Crippen molar-refractivity contribution in [2.75, 3.05) is 13.1 Å². The molecule has 1 atom stereocenters. The summed E-state index contributed by atoms with van der Waals surface area (Å²) in [6.45, 7) is 3.48. The van der Waals surface area contributed by atoms with Crippen molar-refractivity contribution < 1.29 is 4.79 Å². The molecule has 3 N–H and O–H groups in total. The third-order valence-corrected chi connectivity index (χ3v) is 3.68. The molecule has 0 radical (unpaired) electrons. The Morgan fingerprint density at radius 3 is 2.89 bits per heavy atom. The molecule has 19 heavy (non-hydrogen) atoms. The molecule has 1 aromatic rings. The summed E-state index contributed by atoms with van der Waals surface area (Å²) < 4.78 is 1.10. The monoisotopic (exact) mass is 326 g/mol. The maximum Gasteiger partial charge on any atom is 0.220 e. The maximum absolute atomic E-state index is 11.6. The summed E-state index contributed by atoms with van der Waals surface area (Å²) in [5, 5.41) is 3.00. The molecular weight excluding hydrogens is 304 g/mol. The van der Waals surface area contributed by atoms with Crippen LogP contribution >= 0.6 is 15.9 Å². The molecule has 106 valence electrons. The normalized spacial score (nSPS) is 12.2. The van der Waals surface area contributed by atoms with E-state index >= 15 is 0 Å². The van der Waals surface area contributed by atoms with Gasteiger partial charge in [0.1, 0.15) is 0 Å². The number of rotatable bonds is 8. The molecule has 0 bridgehead atoms. The largest absolute Gasteiger partial charge is 0.356 e. The zero-order valence-corrected chi connectivity index (χ0v) is 13.1. The maximum atomic E-state index is 11.6. The van der Waals surface area contributed by atoms with Gasteiger partial charge in [0.2, 0.25) is 5.91 Å². The lowest BCUT2D eigenvalue weighted by Crippen LogP contribution is -2.30. The Kier molecular flexibility index (Phi) is 7.75. The highest BCUT2D eigenvalue weighted by Gasteiger charge is 2.09. The van der Waals surface area contributed by atoms with Crippen LogP contribution in [-0.2, 0) is 11.2 Å². The van der Waals surface area contributed by atoms with Crippen LogP contribution in [0.5, 0.6) is 0 Å². The predicted octanol–water partition coefficient (Wildman–Crippen LogP) is 2.87. The first-order valence-electron chi connectivity index (χ1n) is 6.87. The second-order valence-electron chi connectivity index (χ2n) is 4.80. The van der Waals surface area contributed by atoms with Crippen molar-refractivity contribution in [3.8, 4) is 0 Å². The minimum absolute atomic E-state index is 0.109. The standard InChI is InChI=1S/C15H23BrN2O/c1-2-12(11-18-15(19)7-4-8-17)9-13-5-3-6-14(16)10-13/h3,5-6,10,12H,2,4,7-9,11,17H2,1H3,(H,18,19).